The molecule has 0 amide bonds. The summed E-state index contributed by atoms with van der Waals surface area (Å²) in [5.41, 5.74) is 0. The third-order valence-corrected chi connectivity index (χ3v) is 4.85. The number of nitrogens with one attached hydrogen (secondary N) is 2. The molecule has 0 saturated carbocycles. The maximum Gasteiger partial charge on any atom is 0.348 e. The van der Waals surface area contributed by atoms with Gasteiger partial charge in [0.1, 0.15) is 4.88 Å². The molecule has 0 radical (unpaired) electrons. The van der Waals surface area contributed by atoms with Gasteiger partial charge in [-0.1, -0.05) is 0 Å². The first-order chi connectivity index (χ1) is 9.51. The first kappa shape index (κ1) is 20.3. The van der Waals surface area contributed by atoms with Crippen molar-refractivity contribution in [2.45, 2.75) is 4.90 Å². The van der Waals surface area contributed by atoms with E-state index in [0.29, 0.717) is 19.7 Å². The number of esters is 1. The van der Waals surface area contributed by atoms with E-state index >= 15 is 0 Å². The Bertz CT molecular complexity index is 532. The highest BCUT2D eigenvalue weighted by atomic mass is 35.5. The molecule has 10 heteroatoms. The minimum Gasteiger partial charge on any atom is -0.465 e. The number of thiophene rings is 1. The molecule has 0 bridgehead atoms. The Morgan fingerprint density at radius 3 is 2.62 bits per heavy atom. The molecule has 0 atom stereocenters. The minimum atomic E-state index is -3.59. The number of hydrogen-bond acceptors (Lipinski definition) is 7. The lowest BCUT2D eigenvalue weighted by Crippen LogP contribution is -2.32. The molecular formula is C11H19ClN2O5S2. The van der Waals surface area contributed by atoms with Crippen molar-refractivity contribution in [2.24, 2.45) is 0 Å². The van der Waals surface area contributed by atoms with Crippen LogP contribution < -0.4 is 10.0 Å². The zero-order valence-corrected chi connectivity index (χ0v) is 14.2. The first-order valence-corrected chi connectivity index (χ1v) is 8.23. The quantitative estimate of drug-likeness (QED) is 0.492. The molecule has 1 aromatic heterocycles. The molecule has 0 aromatic carbocycles. The highest BCUT2D eigenvalue weighted by Crippen LogP contribution is 2.19. The van der Waals surface area contributed by atoms with Gasteiger partial charge in [-0.2, -0.15) is 0 Å². The molecular weight excluding hydrogens is 340 g/mol. The number of carbonyl (C=O) groups excluding carboxylic acids is 1. The maximum atomic E-state index is 11.9. The summed E-state index contributed by atoms with van der Waals surface area (Å²) in [7, 11) is -0.745. The van der Waals surface area contributed by atoms with Gasteiger partial charge in [-0.15, -0.1) is 23.7 Å². The van der Waals surface area contributed by atoms with Gasteiger partial charge in [0.25, 0.3) is 0 Å². The van der Waals surface area contributed by atoms with E-state index in [0.717, 1.165) is 11.3 Å². The van der Waals surface area contributed by atoms with E-state index in [1.54, 1.807) is 7.11 Å². The summed E-state index contributed by atoms with van der Waals surface area (Å²) < 4.78 is 35.7. The lowest BCUT2D eigenvalue weighted by Gasteiger charge is -2.06. The van der Waals surface area contributed by atoms with Crippen molar-refractivity contribution in [3.05, 3.63) is 16.3 Å². The predicted molar refractivity (Wildman–Crippen MR) is 82.8 cm³/mol. The second-order valence-electron chi connectivity index (χ2n) is 3.78. The smallest absolute Gasteiger partial charge is 0.348 e. The summed E-state index contributed by atoms with van der Waals surface area (Å²) in [5, 5.41) is 4.43. The fourth-order valence-corrected chi connectivity index (χ4v) is 3.55. The molecule has 7 nitrogen and oxygen atoms in total. The highest BCUT2D eigenvalue weighted by molar-refractivity contribution is 7.89. The fourth-order valence-electron chi connectivity index (χ4n) is 1.32. The summed E-state index contributed by atoms with van der Waals surface area (Å²) in [4.78, 5) is 11.6. The van der Waals surface area contributed by atoms with Gasteiger partial charge in [-0.25, -0.2) is 17.9 Å². The van der Waals surface area contributed by atoms with E-state index in [2.05, 4.69) is 14.8 Å². The molecule has 0 aliphatic heterocycles. The van der Waals surface area contributed by atoms with Crippen molar-refractivity contribution < 1.29 is 22.7 Å². The number of halogens is 1. The molecule has 122 valence electrons. The average molecular weight is 359 g/mol. The van der Waals surface area contributed by atoms with Crippen molar-refractivity contribution in [2.75, 3.05) is 40.5 Å². The van der Waals surface area contributed by atoms with E-state index in [1.165, 1.54) is 18.6 Å². The minimum absolute atomic E-state index is 0. The Labute approximate surface area is 134 Å². The average Bonchev–Trinajstić information content (AvgIpc) is 2.92. The zero-order valence-electron chi connectivity index (χ0n) is 11.7. The number of rotatable bonds is 9. The Morgan fingerprint density at radius 1 is 1.29 bits per heavy atom. The van der Waals surface area contributed by atoms with Gasteiger partial charge in [0.2, 0.25) is 10.0 Å². The second-order valence-corrected chi connectivity index (χ2v) is 6.46. The van der Waals surface area contributed by atoms with Crippen LogP contribution >= 0.6 is 23.7 Å². The zero-order chi connectivity index (χ0) is 15.0. The number of carbonyl (C=O) groups is 1. The van der Waals surface area contributed by atoms with Crippen LogP contribution in [0.15, 0.2) is 16.3 Å². The third-order valence-electron chi connectivity index (χ3n) is 2.35. The Morgan fingerprint density at radius 2 is 2.00 bits per heavy atom. The lowest BCUT2D eigenvalue weighted by molar-refractivity contribution is 0.0606. The monoisotopic (exact) mass is 358 g/mol. The molecule has 0 spiro atoms. The predicted octanol–water partition coefficient (Wildman–Crippen LogP) is 0.471. The number of ether oxygens (including phenoxy) is 2. The van der Waals surface area contributed by atoms with E-state index < -0.39 is 16.0 Å². The van der Waals surface area contributed by atoms with Crippen molar-refractivity contribution in [3.8, 4) is 0 Å². The van der Waals surface area contributed by atoms with Crippen LogP contribution in [0.2, 0.25) is 0 Å². The summed E-state index contributed by atoms with van der Waals surface area (Å²) in [6.07, 6.45) is 0. The Kier molecular flexibility index (Phi) is 9.75. The molecule has 0 aliphatic carbocycles. The molecule has 21 heavy (non-hydrogen) atoms. The maximum absolute atomic E-state index is 11.9. The van der Waals surface area contributed by atoms with Crippen LogP contribution in [0, 0.1) is 0 Å². The lowest BCUT2D eigenvalue weighted by atomic mass is 10.5. The molecule has 0 aliphatic rings. The van der Waals surface area contributed by atoms with Crippen LogP contribution in [-0.2, 0) is 19.5 Å². The van der Waals surface area contributed by atoms with Crippen LogP contribution in [0.5, 0.6) is 0 Å². The summed E-state index contributed by atoms with van der Waals surface area (Å²) >= 11 is 1.03. The van der Waals surface area contributed by atoms with Crippen LogP contribution in [-0.4, -0.2) is 54.8 Å². The summed E-state index contributed by atoms with van der Waals surface area (Å²) in [6.45, 7) is 1.98. The van der Waals surface area contributed by atoms with Crippen molar-refractivity contribution in [1.29, 1.82) is 0 Å². The second kappa shape index (κ2) is 10.1. The molecule has 1 aromatic rings. The molecule has 2 N–H and O–H groups in total. The molecule has 1 rings (SSSR count). The Balaban J connectivity index is 0.00000400. The van der Waals surface area contributed by atoms with Crippen LogP contribution in [0.1, 0.15) is 9.67 Å². The van der Waals surface area contributed by atoms with Gasteiger partial charge in [-0.05, 0) is 6.07 Å². The van der Waals surface area contributed by atoms with Crippen molar-refractivity contribution in [1.82, 2.24) is 10.0 Å². The standard InChI is InChI=1S/C11H18N2O5S2.ClH/c1-17-6-5-12-3-4-13-20(15,16)9-7-10(19-8-9)11(14)18-2;/h7-8,12-13H,3-6H2,1-2H3;1H. The van der Waals surface area contributed by atoms with Crippen LogP contribution in [0.3, 0.4) is 0 Å². The number of hydrogen-bond donors (Lipinski definition) is 2. The van der Waals surface area contributed by atoms with Gasteiger partial charge in [0, 0.05) is 32.1 Å². The Hall–Kier alpha value is -0.710. The number of methoxy groups -OCH3 is 2. The molecule has 0 saturated heterocycles. The fraction of sp³-hybridized carbons (Fsp3) is 0.545. The van der Waals surface area contributed by atoms with Crippen molar-refractivity contribution in [3.63, 3.8) is 0 Å². The van der Waals surface area contributed by atoms with Gasteiger partial charge in [0.05, 0.1) is 18.6 Å². The van der Waals surface area contributed by atoms with Crippen LogP contribution in [0.25, 0.3) is 0 Å². The summed E-state index contributed by atoms with van der Waals surface area (Å²) in [5.74, 6) is -0.544. The number of sulfonamides is 1. The van der Waals surface area contributed by atoms with Gasteiger partial charge >= 0.3 is 5.97 Å². The first-order valence-electron chi connectivity index (χ1n) is 5.87. The summed E-state index contributed by atoms with van der Waals surface area (Å²) in [6, 6.07) is 1.30. The van der Waals surface area contributed by atoms with Gasteiger partial charge in [0.15, 0.2) is 0 Å². The molecule has 1 heterocycles. The molecule has 0 unspecified atom stereocenters. The largest absolute Gasteiger partial charge is 0.465 e. The van der Waals surface area contributed by atoms with E-state index in [-0.39, 0.29) is 28.7 Å². The van der Waals surface area contributed by atoms with Crippen molar-refractivity contribution >= 4 is 39.7 Å². The topological polar surface area (TPSA) is 93.7 Å². The normalized spacial score (nSPS) is 11.0. The van der Waals surface area contributed by atoms with E-state index in [1.807, 2.05) is 0 Å². The van der Waals surface area contributed by atoms with Gasteiger partial charge < -0.3 is 14.8 Å². The van der Waals surface area contributed by atoms with E-state index in [4.69, 9.17) is 4.74 Å². The third kappa shape index (κ3) is 6.72. The molecule has 0 fully saturated rings. The van der Waals surface area contributed by atoms with Crippen LogP contribution in [0.4, 0.5) is 0 Å². The van der Waals surface area contributed by atoms with E-state index in [9.17, 15) is 13.2 Å². The van der Waals surface area contributed by atoms with Gasteiger partial charge in [-0.3, -0.25) is 0 Å². The SMILES string of the molecule is COCCNCCNS(=O)(=O)c1csc(C(=O)OC)c1.Cl. The highest BCUT2D eigenvalue weighted by Gasteiger charge is 2.18.